The van der Waals surface area contributed by atoms with Crippen LogP contribution in [0.25, 0.3) is 21.5 Å². The molecule has 44 heavy (non-hydrogen) atoms. The van der Waals surface area contributed by atoms with Gasteiger partial charge in [-0.3, -0.25) is 0 Å². The second-order valence-electron chi connectivity index (χ2n) is 9.81. The highest BCUT2D eigenvalue weighted by Gasteiger charge is 2.21. The van der Waals surface area contributed by atoms with Crippen molar-refractivity contribution in [1.29, 1.82) is 0 Å². The first-order chi connectivity index (χ1) is 21.1. The lowest BCUT2D eigenvalue weighted by molar-refractivity contribution is 0.0489. The molecule has 2 aromatic heterocycles. The van der Waals surface area contributed by atoms with Crippen molar-refractivity contribution in [2.24, 2.45) is 0 Å². The highest BCUT2D eigenvalue weighted by Crippen LogP contribution is 2.36. The Kier molecular flexibility index (Phi) is 13.1. The number of benzene rings is 2. The molecule has 0 aliphatic carbocycles. The fourth-order valence-corrected chi connectivity index (χ4v) is 4.48. The van der Waals surface area contributed by atoms with Crippen LogP contribution >= 0.6 is 23.2 Å². The number of aromatic carboxylic acids is 1. The van der Waals surface area contributed by atoms with Crippen LogP contribution in [0.1, 0.15) is 80.3 Å². The summed E-state index contributed by atoms with van der Waals surface area (Å²) in [6.45, 7) is 7.64. The van der Waals surface area contributed by atoms with E-state index in [0.29, 0.717) is 46.3 Å². The average Bonchev–Trinajstić information content (AvgIpc) is 3.01. The summed E-state index contributed by atoms with van der Waals surface area (Å²) in [6.07, 6.45) is 5.63. The number of rotatable bonds is 13. The van der Waals surface area contributed by atoms with Crippen molar-refractivity contribution in [3.8, 4) is 23.0 Å². The first-order valence-corrected chi connectivity index (χ1v) is 15.2. The maximum Gasteiger partial charge on any atom is 0.360 e. The van der Waals surface area contributed by atoms with Crippen LogP contribution in [0.15, 0.2) is 36.4 Å². The number of pyridine rings is 2. The third-order valence-electron chi connectivity index (χ3n) is 6.47. The molecule has 0 amide bonds. The molecule has 12 heteroatoms. The molecule has 0 saturated heterocycles. The van der Waals surface area contributed by atoms with Crippen LogP contribution in [-0.2, 0) is 4.74 Å². The number of aromatic nitrogens is 2. The van der Waals surface area contributed by atoms with Crippen molar-refractivity contribution in [1.82, 2.24) is 9.97 Å². The van der Waals surface area contributed by atoms with E-state index in [-0.39, 0.29) is 28.4 Å². The summed E-state index contributed by atoms with van der Waals surface area (Å²) in [5, 5.41) is 31.1. The van der Waals surface area contributed by atoms with Gasteiger partial charge >= 0.3 is 11.9 Å². The summed E-state index contributed by atoms with van der Waals surface area (Å²) >= 11 is 12.2. The van der Waals surface area contributed by atoms with Crippen LogP contribution in [-0.4, -0.2) is 57.0 Å². The van der Waals surface area contributed by atoms with E-state index >= 15 is 0 Å². The highest BCUT2D eigenvalue weighted by molar-refractivity contribution is 6.35. The molecule has 0 aliphatic heterocycles. The standard InChI is InChI=1S/C18H22ClNO4.C14H14ClNO4/c1-3-5-9-23-12-7-8-13-14(11-12)17(19)20-15(16(13)21)18(22)24-10-6-4-2;1-2-3-6-20-8-4-5-9-10(7-8)13(15)16-11(12(9)17)14(18)19/h7-8,11,21H,3-6,9-10H2,1-2H3;4-5,7,17H,2-3,6H2,1H3,(H,18,19). The van der Waals surface area contributed by atoms with Gasteiger partial charge in [0.05, 0.1) is 19.8 Å². The molecule has 236 valence electrons. The predicted octanol–water partition coefficient (Wildman–Crippen LogP) is 8.20. The fourth-order valence-electron chi connectivity index (χ4n) is 4.00. The Hall–Kier alpha value is -4.02. The second kappa shape index (κ2) is 16.7. The number of carboxylic acids is 1. The van der Waals surface area contributed by atoms with Gasteiger partial charge in [-0.1, -0.05) is 63.2 Å². The molecule has 0 radical (unpaired) electrons. The largest absolute Gasteiger partial charge is 0.505 e. The van der Waals surface area contributed by atoms with E-state index < -0.39 is 23.4 Å². The van der Waals surface area contributed by atoms with Gasteiger partial charge in [-0.25, -0.2) is 19.6 Å². The number of unbranched alkanes of at least 4 members (excludes halogenated alkanes) is 3. The van der Waals surface area contributed by atoms with E-state index in [1.54, 1.807) is 36.4 Å². The minimum absolute atomic E-state index is 0.0242. The van der Waals surface area contributed by atoms with Gasteiger partial charge in [0.15, 0.2) is 22.9 Å². The third kappa shape index (κ3) is 8.76. The fraction of sp³-hybridized carbons (Fsp3) is 0.375. The number of carbonyl (C=O) groups is 2. The number of aromatic hydroxyl groups is 2. The van der Waals surface area contributed by atoms with Crippen LogP contribution in [0.3, 0.4) is 0 Å². The molecule has 0 bridgehead atoms. The van der Waals surface area contributed by atoms with Crippen molar-refractivity contribution in [3.05, 3.63) is 58.1 Å². The summed E-state index contributed by atoms with van der Waals surface area (Å²) in [5.74, 6) is -1.36. The van der Waals surface area contributed by atoms with Crippen molar-refractivity contribution < 1.29 is 39.1 Å². The lowest BCUT2D eigenvalue weighted by Gasteiger charge is -2.11. The van der Waals surface area contributed by atoms with Crippen LogP contribution in [0.2, 0.25) is 10.3 Å². The van der Waals surface area contributed by atoms with Gasteiger partial charge in [0.2, 0.25) is 0 Å². The van der Waals surface area contributed by atoms with Gasteiger partial charge in [0, 0.05) is 21.5 Å². The molecule has 0 spiro atoms. The topological polar surface area (TPSA) is 148 Å². The Morgan fingerprint density at radius 3 is 1.57 bits per heavy atom. The summed E-state index contributed by atoms with van der Waals surface area (Å²) in [6, 6.07) is 10.0. The SMILES string of the molecule is CCCCOC(=O)c1nc(Cl)c2cc(OCCCC)ccc2c1O.CCCCOc1ccc2c(O)c(C(=O)O)nc(Cl)c2c1. The lowest BCUT2D eigenvalue weighted by Crippen LogP contribution is -2.09. The van der Waals surface area contributed by atoms with Crippen molar-refractivity contribution in [2.45, 2.75) is 59.3 Å². The Morgan fingerprint density at radius 2 is 1.11 bits per heavy atom. The van der Waals surface area contributed by atoms with Gasteiger partial charge < -0.3 is 29.5 Å². The minimum Gasteiger partial charge on any atom is -0.505 e. The van der Waals surface area contributed by atoms with Gasteiger partial charge in [0.25, 0.3) is 0 Å². The van der Waals surface area contributed by atoms with Gasteiger partial charge in [-0.05, 0) is 55.7 Å². The summed E-state index contributed by atoms with van der Waals surface area (Å²) in [4.78, 5) is 30.7. The third-order valence-corrected chi connectivity index (χ3v) is 7.04. The zero-order valence-electron chi connectivity index (χ0n) is 24.9. The van der Waals surface area contributed by atoms with E-state index in [2.05, 4.69) is 23.8 Å². The van der Waals surface area contributed by atoms with Crippen molar-refractivity contribution in [3.63, 3.8) is 0 Å². The van der Waals surface area contributed by atoms with Crippen LogP contribution < -0.4 is 9.47 Å². The molecule has 0 atom stereocenters. The van der Waals surface area contributed by atoms with Crippen LogP contribution in [0, 0.1) is 0 Å². The van der Waals surface area contributed by atoms with E-state index in [9.17, 15) is 19.8 Å². The van der Waals surface area contributed by atoms with E-state index in [4.69, 9.17) is 42.5 Å². The Morgan fingerprint density at radius 1 is 0.682 bits per heavy atom. The Labute approximate surface area is 265 Å². The molecule has 0 saturated carbocycles. The molecule has 4 rings (SSSR count). The first kappa shape index (κ1) is 34.5. The molecule has 0 aliphatic rings. The molecule has 10 nitrogen and oxygen atoms in total. The summed E-state index contributed by atoms with van der Waals surface area (Å²) in [5.41, 5.74) is -0.620. The Bertz CT molecular complexity index is 1610. The first-order valence-electron chi connectivity index (χ1n) is 14.4. The maximum absolute atomic E-state index is 12.0. The zero-order valence-corrected chi connectivity index (χ0v) is 26.4. The predicted molar refractivity (Wildman–Crippen MR) is 170 cm³/mol. The number of hydrogen-bond acceptors (Lipinski definition) is 9. The van der Waals surface area contributed by atoms with E-state index in [1.807, 2.05) is 6.92 Å². The number of carboxylic acid groups (broad SMARTS) is 1. The Balaban J connectivity index is 0.000000244. The number of carbonyl (C=O) groups excluding carboxylic acids is 1. The molecule has 3 N–H and O–H groups in total. The number of halogens is 2. The van der Waals surface area contributed by atoms with E-state index in [0.717, 1.165) is 38.5 Å². The quantitative estimate of drug-likeness (QED) is 0.0737. The molecule has 2 heterocycles. The highest BCUT2D eigenvalue weighted by atomic mass is 35.5. The number of esters is 1. The van der Waals surface area contributed by atoms with Gasteiger partial charge in [-0.2, -0.15) is 0 Å². The van der Waals surface area contributed by atoms with Crippen molar-refractivity contribution >= 4 is 56.7 Å². The lowest BCUT2D eigenvalue weighted by atomic mass is 10.1. The molecule has 0 fully saturated rings. The zero-order chi connectivity index (χ0) is 32.2. The monoisotopic (exact) mass is 646 g/mol. The normalized spacial score (nSPS) is 10.8. The molecule has 4 aromatic rings. The van der Waals surface area contributed by atoms with Crippen LogP contribution in [0.5, 0.6) is 23.0 Å². The van der Waals surface area contributed by atoms with E-state index in [1.165, 1.54) is 0 Å². The molecule has 0 unspecified atom stereocenters. The molecular weight excluding hydrogens is 611 g/mol. The molecule has 2 aromatic carbocycles. The summed E-state index contributed by atoms with van der Waals surface area (Å²) < 4.78 is 16.3. The van der Waals surface area contributed by atoms with Gasteiger partial charge in [0.1, 0.15) is 21.8 Å². The molecular formula is C32H36Cl2N2O8. The van der Waals surface area contributed by atoms with Crippen LogP contribution in [0.4, 0.5) is 0 Å². The number of fused-ring (bicyclic) bond motifs is 2. The smallest absolute Gasteiger partial charge is 0.360 e. The number of hydrogen-bond donors (Lipinski definition) is 3. The van der Waals surface area contributed by atoms with Crippen molar-refractivity contribution in [2.75, 3.05) is 19.8 Å². The number of nitrogens with zero attached hydrogens (tertiary/aromatic N) is 2. The van der Waals surface area contributed by atoms with Gasteiger partial charge in [-0.15, -0.1) is 0 Å². The summed E-state index contributed by atoms with van der Waals surface area (Å²) in [7, 11) is 0. The average molecular weight is 648 g/mol. The number of ether oxygens (including phenoxy) is 3. The maximum atomic E-state index is 12.0. The minimum atomic E-state index is -1.32. The second-order valence-corrected chi connectivity index (χ2v) is 10.5.